The Morgan fingerprint density at radius 3 is 2.89 bits per heavy atom. The molecule has 0 spiro atoms. The van der Waals surface area contributed by atoms with E-state index in [9.17, 15) is 4.79 Å². The highest BCUT2D eigenvalue weighted by Crippen LogP contribution is 2.29. The van der Waals surface area contributed by atoms with E-state index in [0.29, 0.717) is 5.92 Å². The van der Waals surface area contributed by atoms with E-state index in [0.717, 1.165) is 28.1 Å². The Labute approximate surface area is 117 Å². The second kappa shape index (κ2) is 5.87. The summed E-state index contributed by atoms with van der Waals surface area (Å²) in [5.41, 5.74) is 1.83. The molecular weight excluding hydrogens is 290 g/mol. The number of rotatable bonds is 3. The SMILES string of the molecule is Cc1cccc(C(=O)NCC2CCC(C)C2)c1Br. The number of hydrogen-bond acceptors (Lipinski definition) is 1. The molecule has 1 fully saturated rings. The fraction of sp³-hybridized carbons (Fsp3) is 0.533. The average Bonchev–Trinajstić information content (AvgIpc) is 2.76. The van der Waals surface area contributed by atoms with Gasteiger partial charge < -0.3 is 5.32 Å². The van der Waals surface area contributed by atoms with Gasteiger partial charge in [-0.05, 0) is 59.2 Å². The van der Waals surface area contributed by atoms with E-state index in [1.807, 2.05) is 25.1 Å². The van der Waals surface area contributed by atoms with E-state index in [2.05, 4.69) is 28.2 Å². The number of benzene rings is 1. The van der Waals surface area contributed by atoms with Crippen molar-refractivity contribution in [2.75, 3.05) is 6.54 Å². The molecule has 1 aromatic rings. The zero-order valence-electron chi connectivity index (χ0n) is 11.0. The first-order valence-electron chi connectivity index (χ1n) is 6.61. The lowest BCUT2D eigenvalue weighted by Crippen LogP contribution is -2.28. The van der Waals surface area contributed by atoms with Crippen LogP contribution < -0.4 is 5.32 Å². The minimum atomic E-state index is 0.0325. The van der Waals surface area contributed by atoms with E-state index < -0.39 is 0 Å². The van der Waals surface area contributed by atoms with Crippen LogP contribution in [0.25, 0.3) is 0 Å². The lowest BCUT2D eigenvalue weighted by atomic mass is 10.1. The van der Waals surface area contributed by atoms with Gasteiger partial charge in [-0.2, -0.15) is 0 Å². The van der Waals surface area contributed by atoms with Crippen LogP contribution >= 0.6 is 15.9 Å². The summed E-state index contributed by atoms with van der Waals surface area (Å²) in [5, 5.41) is 3.06. The summed E-state index contributed by atoms with van der Waals surface area (Å²) in [7, 11) is 0. The molecule has 1 aliphatic carbocycles. The maximum Gasteiger partial charge on any atom is 0.252 e. The second-order valence-corrected chi connectivity index (χ2v) is 6.22. The van der Waals surface area contributed by atoms with Crippen LogP contribution in [0.15, 0.2) is 22.7 Å². The molecule has 1 aliphatic rings. The second-order valence-electron chi connectivity index (χ2n) is 5.43. The van der Waals surface area contributed by atoms with Crippen LogP contribution in [0.2, 0.25) is 0 Å². The van der Waals surface area contributed by atoms with Gasteiger partial charge in [0.25, 0.3) is 5.91 Å². The van der Waals surface area contributed by atoms with Gasteiger partial charge >= 0.3 is 0 Å². The minimum Gasteiger partial charge on any atom is -0.352 e. The van der Waals surface area contributed by atoms with Crippen LogP contribution in [-0.2, 0) is 0 Å². The van der Waals surface area contributed by atoms with Crippen molar-refractivity contribution in [1.82, 2.24) is 5.32 Å². The van der Waals surface area contributed by atoms with Gasteiger partial charge in [-0.3, -0.25) is 4.79 Å². The molecular formula is C15H20BrNO. The maximum absolute atomic E-state index is 12.1. The fourth-order valence-corrected chi connectivity index (χ4v) is 3.11. The molecule has 0 aliphatic heterocycles. The third kappa shape index (κ3) is 3.14. The number of hydrogen-bond donors (Lipinski definition) is 1. The van der Waals surface area contributed by atoms with Crippen LogP contribution in [0.3, 0.4) is 0 Å². The van der Waals surface area contributed by atoms with Gasteiger partial charge in [0.2, 0.25) is 0 Å². The first-order chi connectivity index (χ1) is 8.58. The fourth-order valence-electron chi connectivity index (χ4n) is 2.67. The normalized spacial score (nSPS) is 23.1. The van der Waals surface area contributed by atoms with Gasteiger partial charge in [-0.15, -0.1) is 0 Å². The molecule has 0 aromatic heterocycles. The van der Waals surface area contributed by atoms with Crippen molar-refractivity contribution < 1.29 is 4.79 Å². The van der Waals surface area contributed by atoms with Crippen molar-refractivity contribution in [3.63, 3.8) is 0 Å². The Bertz CT molecular complexity index is 444. The van der Waals surface area contributed by atoms with Crippen molar-refractivity contribution in [1.29, 1.82) is 0 Å². The Morgan fingerprint density at radius 1 is 1.44 bits per heavy atom. The maximum atomic E-state index is 12.1. The van der Waals surface area contributed by atoms with Crippen molar-refractivity contribution in [2.24, 2.45) is 11.8 Å². The Balaban J connectivity index is 1.94. The van der Waals surface area contributed by atoms with Crippen molar-refractivity contribution >= 4 is 21.8 Å². The Hall–Kier alpha value is -0.830. The molecule has 2 rings (SSSR count). The zero-order valence-corrected chi connectivity index (χ0v) is 12.6. The Morgan fingerprint density at radius 2 is 2.22 bits per heavy atom. The number of carbonyl (C=O) groups excluding carboxylic acids is 1. The van der Waals surface area contributed by atoms with Gasteiger partial charge in [0.15, 0.2) is 0 Å². The smallest absolute Gasteiger partial charge is 0.252 e. The molecule has 1 N–H and O–H groups in total. The number of nitrogens with one attached hydrogen (secondary N) is 1. The number of aryl methyl sites for hydroxylation is 1. The molecule has 98 valence electrons. The molecule has 18 heavy (non-hydrogen) atoms. The highest BCUT2D eigenvalue weighted by atomic mass is 79.9. The molecule has 1 saturated carbocycles. The Kier molecular flexibility index (Phi) is 4.44. The number of carbonyl (C=O) groups is 1. The van der Waals surface area contributed by atoms with Crippen LogP contribution in [0.4, 0.5) is 0 Å². The lowest BCUT2D eigenvalue weighted by molar-refractivity contribution is 0.0946. The molecule has 1 amide bonds. The molecule has 2 unspecified atom stereocenters. The highest BCUT2D eigenvalue weighted by Gasteiger charge is 2.22. The molecule has 0 bridgehead atoms. The molecule has 0 heterocycles. The molecule has 2 nitrogen and oxygen atoms in total. The van der Waals surface area contributed by atoms with E-state index in [1.54, 1.807) is 0 Å². The monoisotopic (exact) mass is 309 g/mol. The summed E-state index contributed by atoms with van der Waals surface area (Å²) >= 11 is 3.48. The lowest BCUT2D eigenvalue weighted by Gasteiger charge is -2.12. The van der Waals surface area contributed by atoms with Gasteiger partial charge in [0, 0.05) is 11.0 Å². The summed E-state index contributed by atoms with van der Waals surface area (Å²) in [6, 6.07) is 5.79. The topological polar surface area (TPSA) is 29.1 Å². The summed E-state index contributed by atoms with van der Waals surface area (Å²) in [6.45, 7) is 5.10. The molecule has 3 heteroatoms. The van der Waals surface area contributed by atoms with E-state index >= 15 is 0 Å². The van der Waals surface area contributed by atoms with Gasteiger partial charge in [0.05, 0.1) is 5.56 Å². The summed E-state index contributed by atoms with van der Waals surface area (Å²) in [4.78, 5) is 12.1. The molecule has 1 aromatic carbocycles. The number of halogens is 1. The summed E-state index contributed by atoms with van der Waals surface area (Å²) in [5.74, 6) is 1.51. The van der Waals surface area contributed by atoms with Crippen molar-refractivity contribution in [3.05, 3.63) is 33.8 Å². The molecule has 0 saturated heterocycles. The molecule has 2 atom stereocenters. The van der Waals surface area contributed by atoms with E-state index in [4.69, 9.17) is 0 Å². The third-order valence-electron chi connectivity index (χ3n) is 3.79. The highest BCUT2D eigenvalue weighted by molar-refractivity contribution is 9.10. The van der Waals surface area contributed by atoms with E-state index in [-0.39, 0.29) is 5.91 Å². The van der Waals surface area contributed by atoms with Crippen molar-refractivity contribution in [3.8, 4) is 0 Å². The van der Waals surface area contributed by atoms with Gasteiger partial charge in [-0.1, -0.05) is 25.5 Å². The largest absolute Gasteiger partial charge is 0.352 e. The van der Waals surface area contributed by atoms with Crippen LogP contribution in [0.5, 0.6) is 0 Å². The predicted octanol–water partition coefficient (Wildman–Crippen LogP) is 3.92. The van der Waals surface area contributed by atoms with Gasteiger partial charge in [0.1, 0.15) is 0 Å². The van der Waals surface area contributed by atoms with Crippen LogP contribution in [0.1, 0.15) is 42.1 Å². The van der Waals surface area contributed by atoms with Crippen LogP contribution in [-0.4, -0.2) is 12.5 Å². The third-order valence-corrected chi connectivity index (χ3v) is 4.84. The standard InChI is InChI=1S/C15H20BrNO/c1-10-6-7-12(8-10)9-17-15(18)13-5-3-4-11(2)14(13)16/h3-5,10,12H,6-9H2,1-2H3,(H,17,18). The summed E-state index contributed by atoms with van der Waals surface area (Å²) < 4.78 is 0.905. The molecule has 0 radical (unpaired) electrons. The van der Waals surface area contributed by atoms with Crippen molar-refractivity contribution in [2.45, 2.75) is 33.1 Å². The average molecular weight is 310 g/mol. The number of amides is 1. The van der Waals surface area contributed by atoms with Crippen LogP contribution in [0, 0.1) is 18.8 Å². The first-order valence-corrected chi connectivity index (χ1v) is 7.40. The minimum absolute atomic E-state index is 0.0325. The quantitative estimate of drug-likeness (QED) is 0.900. The van der Waals surface area contributed by atoms with E-state index in [1.165, 1.54) is 19.3 Å². The van der Waals surface area contributed by atoms with Gasteiger partial charge in [-0.25, -0.2) is 0 Å². The zero-order chi connectivity index (χ0) is 13.1. The first kappa shape index (κ1) is 13.6. The predicted molar refractivity (Wildman–Crippen MR) is 77.7 cm³/mol. The summed E-state index contributed by atoms with van der Waals surface area (Å²) in [6.07, 6.45) is 3.79.